The molecule has 110 valence electrons. The van der Waals surface area contributed by atoms with Gasteiger partial charge in [0.2, 0.25) is 5.76 Å². The number of hydrogen-bond acceptors (Lipinski definition) is 4. The van der Waals surface area contributed by atoms with Crippen LogP contribution in [0.3, 0.4) is 0 Å². The van der Waals surface area contributed by atoms with Gasteiger partial charge < -0.3 is 14.6 Å². The second-order valence-corrected chi connectivity index (χ2v) is 4.97. The Morgan fingerprint density at radius 2 is 2.14 bits per heavy atom. The van der Waals surface area contributed by atoms with Crippen LogP contribution in [0.25, 0.3) is 11.3 Å². The number of aromatic nitrogens is 1. The highest BCUT2D eigenvalue weighted by molar-refractivity contribution is 5.92. The number of nitrogens with one attached hydrogen (secondary N) is 1. The summed E-state index contributed by atoms with van der Waals surface area (Å²) in [5.74, 6) is -0.497. The zero-order chi connectivity index (χ0) is 14.7. The van der Waals surface area contributed by atoms with E-state index in [-0.39, 0.29) is 23.5 Å². The van der Waals surface area contributed by atoms with Crippen LogP contribution >= 0.6 is 0 Å². The zero-order valence-corrected chi connectivity index (χ0v) is 11.3. The van der Waals surface area contributed by atoms with Crippen LogP contribution in [0.5, 0.6) is 0 Å². The van der Waals surface area contributed by atoms with Crippen molar-refractivity contribution in [3.05, 3.63) is 41.9 Å². The molecule has 1 fully saturated rings. The molecule has 2 aromatic rings. The van der Waals surface area contributed by atoms with E-state index in [1.165, 1.54) is 12.1 Å². The molecule has 1 unspecified atom stereocenters. The third-order valence-corrected chi connectivity index (χ3v) is 3.37. The molecule has 1 saturated heterocycles. The van der Waals surface area contributed by atoms with Crippen LogP contribution in [-0.2, 0) is 4.74 Å². The van der Waals surface area contributed by atoms with Gasteiger partial charge in [-0.05, 0) is 37.1 Å². The number of hydrogen-bond donors (Lipinski definition) is 1. The van der Waals surface area contributed by atoms with E-state index in [1.807, 2.05) is 0 Å². The van der Waals surface area contributed by atoms with Gasteiger partial charge in [-0.1, -0.05) is 5.16 Å². The lowest BCUT2D eigenvalue weighted by Crippen LogP contribution is -2.40. The third kappa shape index (κ3) is 3.28. The van der Waals surface area contributed by atoms with E-state index in [2.05, 4.69) is 10.5 Å². The van der Waals surface area contributed by atoms with Gasteiger partial charge in [0.15, 0.2) is 0 Å². The molecule has 1 atom stereocenters. The second kappa shape index (κ2) is 6.05. The number of nitrogens with zero attached hydrogens (tertiary/aromatic N) is 1. The molecule has 1 aromatic carbocycles. The van der Waals surface area contributed by atoms with E-state index in [0.29, 0.717) is 17.9 Å². The van der Waals surface area contributed by atoms with Gasteiger partial charge in [-0.3, -0.25) is 4.79 Å². The maximum absolute atomic E-state index is 12.9. The molecule has 0 spiro atoms. The molecule has 0 bridgehead atoms. The third-order valence-electron chi connectivity index (χ3n) is 3.37. The fraction of sp³-hybridized carbons (Fsp3) is 0.333. The highest BCUT2D eigenvalue weighted by Gasteiger charge is 2.20. The Kier molecular flexibility index (Phi) is 3.96. The molecule has 0 radical (unpaired) electrons. The lowest BCUT2D eigenvalue weighted by atomic mass is 10.1. The Morgan fingerprint density at radius 1 is 1.33 bits per heavy atom. The molecule has 2 heterocycles. The summed E-state index contributed by atoms with van der Waals surface area (Å²) in [6, 6.07) is 7.40. The Hall–Kier alpha value is -2.21. The summed E-state index contributed by atoms with van der Waals surface area (Å²) >= 11 is 0. The smallest absolute Gasteiger partial charge is 0.290 e. The van der Waals surface area contributed by atoms with Gasteiger partial charge >= 0.3 is 0 Å². The molecule has 1 aliphatic rings. The van der Waals surface area contributed by atoms with E-state index in [0.717, 1.165) is 19.4 Å². The van der Waals surface area contributed by atoms with E-state index < -0.39 is 0 Å². The summed E-state index contributed by atoms with van der Waals surface area (Å²) in [4.78, 5) is 12.1. The highest BCUT2D eigenvalue weighted by atomic mass is 19.1. The molecule has 1 N–H and O–H groups in total. The van der Waals surface area contributed by atoms with E-state index >= 15 is 0 Å². The van der Waals surface area contributed by atoms with Crippen molar-refractivity contribution >= 4 is 5.91 Å². The van der Waals surface area contributed by atoms with Crippen molar-refractivity contribution in [1.82, 2.24) is 10.5 Å². The first-order valence-electron chi connectivity index (χ1n) is 6.83. The molecule has 1 aromatic heterocycles. The highest BCUT2D eigenvalue weighted by Crippen LogP contribution is 2.19. The second-order valence-electron chi connectivity index (χ2n) is 4.97. The number of carbonyl (C=O) groups excluding carboxylic acids is 1. The van der Waals surface area contributed by atoms with Crippen molar-refractivity contribution in [3.63, 3.8) is 0 Å². The molecule has 21 heavy (non-hydrogen) atoms. The first-order chi connectivity index (χ1) is 10.2. The van der Waals surface area contributed by atoms with Crippen molar-refractivity contribution in [1.29, 1.82) is 0 Å². The normalized spacial score (nSPS) is 18.4. The van der Waals surface area contributed by atoms with Crippen LogP contribution in [0, 0.1) is 5.82 Å². The van der Waals surface area contributed by atoms with Crippen LogP contribution in [0.4, 0.5) is 4.39 Å². The van der Waals surface area contributed by atoms with Gasteiger partial charge in [-0.2, -0.15) is 0 Å². The van der Waals surface area contributed by atoms with Crippen LogP contribution in [0.1, 0.15) is 23.4 Å². The lowest BCUT2D eigenvalue weighted by molar-refractivity contribution is 0.0608. The molecule has 5 nitrogen and oxygen atoms in total. The molecule has 1 aliphatic heterocycles. The van der Waals surface area contributed by atoms with E-state index in [4.69, 9.17) is 9.26 Å². The van der Waals surface area contributed by atoms with Crippen LogP contribution in [-0.4, -0.2) is 30.3 Å². The molecule has 3 rings (SSSR count). The zero-order valence-electron chi connectivity index (χ0n) is 11.3. The van der Waals surface area contributed by atoms with Crippen LogP contribution in [0.15, 0.2) is 34.9 Å². The lowest BCUT2D eigenvalue weighted by Gasteiger charge is -2.22. The Bertz CT molecular complexity index is 618. The minimum atomic E-state index is -0.322. The molecular formula is C15H15FN2O3. The van der Waals surface area contributed by atoms with Crippen molar-refractivity contribution in [2.45, 2.75) is 18.9 Å². The van der Waals surface area contributed by atoms with Gasteiger partial charge in [-0.15, -0.1) is 0 Å². The minimum absolute atomic E-state index is 0.00520. The number of carbonyl (C=O) groups is 1. The molecule has 0 aliphatic carbocycles. The van der Waals surface area contributed by atoms with Gasteiger partial charge in [0.05, 0.1) is 12.6 Å². The Morgan fingerprint density at radius 3 is 2.86 bits per heavy atom. The van der Waals surface area contributed by atoms with Crippen molar-refractivity contribution in [2.24, 2.45) is 0 Å². The number of amides is 1. The van der Waals surface area contributed by atoms with E-state index in [9.17, 15) is 9.18 Å². The topological polar surface area (TPSA) is 64.4 Å². The Labute approximate surface area is 121 Å². The minimum Gasteiger partial charge on any atom is -0.379 e. The molecule has 0 saturated carbocycles. The van der Waals surface area contributed by atoms with Crippen molar-refractivity contribution in [3.8, 4) is 11.3 Å². The molecular weight excluding hydrogens is 275 g/mol. The van der Waals surface area contributed by atoms with Gasteiger partial charge in [0, 0.05) is 18.2 Å². The van der Waals surface area contributed by atoms with Crippen molar-refractivity contribution < 1.29 is 18.4 Å². The van der Waals surface area contributed by atoms with Crippen molar-refractivity contribution in [2.75, 3.05) is 13.2 Å². The van der Waals surface area contributed by atoms with Gasteiger partial charge in [-0.25, -0.2) is 4.39 Å². The average Bonchev–Trinajstić information content (AvgIpc) is 2.99. The molecule has 6 heteroatoms. The predicted molar refractivity (Wildman–Crippen MR) is 73.2 cm³/mol. The molecule has 1 amide bonds. The van der Waals surface area contributed by atoms with Gasteiger partial charge in [0.25, 0.3) is 5.91 Å². The predicted octanol–water partition coefficient (Wildman–Crippen LogP) is 2.39. The summed E-state index contributed by atoms with van der Waals surface area (Å²) in [5.41, 5.74) is 1.19. The summed E-state index contributed by atoms with van der Waals surface area (Å²) in [5, 5.41) is 6.69. The monoisotopic (exact) mass is 290 g/mol. The standard InChI is InChI=1S/C15H15FN2O3/c16-11-5-3-10(4-6-11)13-8-14(21-18-13)15(19)17-12-2-1-7-20-9-12/h3-6,8,12H,1-2,7,9H2,(H,17,19). The Balaban J connectivity index is 1.69. The van der Waals surface area contributed by atoms with Gasteiger partial charge in [0.1, 0.15) is 11.5 Å². The maximum atomic E-state index is 12.9. The number of ether oxygens (including phenoxy) is 1. The fourth-order valence-corrected chi connectivity index (χ4v) is 2.25. The summed E-state index contributed by atoms with van der Waals surface area (Å²) in [6.45, 7) is 1.26. The largest absolute Gasteiger partial charge is 0.379 e. The SMILES string of the molecule is O=C(NC1CCCOC1)c1cc(-c2ccc(F)cc2)no1. The van der Waals surface area contributed by atoms with Crippen LogP contribution < -0.4 is 5.32 Å². The van der Waals surface area contributed by atoms with E-state index in [1.54, 1.807) is 18.2 Å². The summed E-state index contributed by atoms with van der Waals surface area (Å²) in [7, 11) is 0. The first kappa shape index (κ1) is 13.8. The number of benzene rings is 1. The first-order valence-corrected chi connectivity index (χ1v) is 6.83. The summed E-state index contributed by atoms with van der Waals surface area (Å²) in [6.07, 6.45) is 1.83. The van der Waals surface area contributed by atoms with Crippen LogP contribution in [0.2, 0.25) is 0 Å². The quantitative estimate of drug-likeness (QED) is 0.942. The number of halogens is 1. The fourth-order valence-electron chi connectivity index (χ4n) is 2.25. The number of rotatable bonds is 3. The maximum Gasteiger partial charge on any atom is 0.290 e. The summed E-state index contributed by atoms with van der Waals surface area (Å²) < 4.78 is 23.2. The average molecular weight is 290 g/mol.